The molecule has 0 radical (unpaired) electrons. The Balaban J connectivity index is 2.00. The van der Waals surface area contributed by atoms with Gasteiger partial charge in [-0.05, 0) is 0 Å². The van der Waals surface area contributed by atoms with Crippen LogP contribution in [0.3, 0.4) is 0 Å². The zero-order valence-corrected chi connectivity index (χ0v) is 15.2. The molecule has 0 aliphatic heterocycles. The predicted octanol–water partition coefficient (Wildman–Crippen LogP) is 3.64. The van der Waals surface area contributed by atoms with Gasteiger partial charge in [-0.2, -0.15) is 4.98 Å². The molecule has 0 bridgehead atoms. The molecular formula is C19H24N5O+. The Morgan fingerprint density at radius 3 is 2.52 bits per heavy atom. The maximum atomic E-state index is 5.39. The van der Waals surface area contributed by atoms with E-state index in [2.05, 4.69) is 36.4 Å². The van der Waals surface area contributed by atoms with E-state index in [1.807, 2.05) is 43.3 Å². The number of oxazole rings is 1. The standard InChI is InChI=1S/C19H24N5O/c1-5-16-19(20-13-25-16)23-17-11-15(12-24(2,3)4)21-18(22-17)14-9-7-6-8-10-14/h6-11,13H,5,12H2,1-4H3,(H,21,22,23)/q+1. The summed E-state index contributed by atoms with van der Waals surface area (Å²) in [5.74, 6) is 2.95. The average molecular weight is 338 g/mol. The third kappa shape index (κ3) is 4.42. The third-order valence-corrected chi connectivity index (χ3v) is 3.66. The Hall–Kier alpha value is -2.73. The first kappa shape index (κ1) is 17.1. The summed E-state index contributed by atoms with van der Waals surface area (Å²) in [6.45, 7) is 2.83. The van der Waals surface area contributed by atoms with Crippen LogP contribution in [0.5, 0.6) is 0 Å². The van der Waals surface area contributed by atoms with Crippen molar-refractivity contribution >= 4 is 11.6 Å². The van der Waals surface area contributed by atoms with Crippen LogP contribution in [0.15, 0.2) is 47.2 Å². The van der Waals surface area contributed by atoms with E-state index in [4.69, 9.17) is 9.40 Å². The molecular weight excluding hydrogens is 314 g/mol. The van der Waals surface area contributed by atoms with Crippen LogP contribution in [0, 0.1) is 0 Å². The summed E-state index contributed by atoms with van der Waals surface area (Å²) in [7, 11) is 6.43. The summed E-state index contributed by atoms with van der Waals surface area (Å²) in [5.41, 5.74) is 1.97. The number of aryl methyl sites for hydroxylation is 1. The molecule has 0 spiro atoms. The Bertz CT molecular complexity index is 837. The van der Waals surface area contributed by atoms with Gasteiger partial charge in [-0.3, -0.25) is 0 Å². The third-order valence-electron chi connectivity index (χ3n) is 3.66. The number of hydrogen-bond donors (Lipinski definition) is 1. The molecule has 2 aromatic heterocycles. The number of hydrogen-bond acceptors (Lipinski definition) is 5. The number of aromatic nitrogens is 3. The predicted molar refractivity (Wildman–Crippen MR) is 98.4 cm³/mol. The maximum Gasteiger partial charge on any atom is 0.183 e. The monoisotopic (exact) mass is 338 g/mol. The highest BCUT2D eigenvalue weighted by molar-refractivity contribution is 5.60. The van der Waals surface area contributed by atoms with Gasteiger partial charge < -0.3 is 14.2 Å². The van der Waals surface area contributed by atoms with Crippen LogP contribution in [0.4, 0.5) is 11.6 Å². The van der Waals surface area contributed by atoms with Crippen molar-refractivity contribution in [2.75, 3.05) is 26.5 Å². The van der Waals surface area contributed by atoms with Crippen molar-refractivity contribution in [1.29, 1.82) is 0 Å². The molecule has 0 saturated heterocycles. The lowest BCUT2D eigenvalue weighted by molar-refractivity contribution is -0.884. The van der Waals surface area contributed by atoms with Gasteiger partial charge in [0.25, 0.3) is 0 Å². The number of benzene rings is 1. The highest BCUT2D eigenvalue weighted by atomic mass is 16.3. The molecule has 3 aromatic rings. The number of nitrogens with one attached hydrogen (secondary N) is 1. The number of anilines is 2. The minimum absolute atomic E-state index is 0.704. The second-order valence-electron chi connectivity index (χ2n) is 6.99. The fraction of sp³-hybridized carbons (Fsp3) is 0.316. The Labute approximate surface area is 148 Å². The number of rotatable bonds is 6. The van der Waals surface area contributed by atoms with Crippen LogP contribution in [0.1, 0.15) is 18.4 Å². The Morgan fingerprint density at radius 1 is 1.08 bits per heavy atom. The van der Waals surface area contributed by atoms with Gasteiger partial charge in [-0.1, -0.05) is 37.3 Å². The molecule has 0 saturated carbocycles. The molecule has 6 nitrogen and oxygen atoms in total. The van der Waals surface area contributed by atoms with E-state index in [1.54, 1.807) is 0 Å². The van der Waals surface area contributed by atoms with Crippen molar-refractivity contribution in [1.82, 2.24) is 15.0 Å². The van der Waals surface area contributed by atoms with E-state index < -0.39 is 0 Å². The van der Waals surface area contributed by atoms with Gasteiger partial charge in [0.2, 0.25) is 0 Å². The molecule has 25 heavy (non-hydrogen) atoms. The topological polar surface area (TPSA) is 63.8 Å². The molecule has 3 rings (SSSR count). The van der Waals surface area contributed by atoms with Crippen molar-refractivity contribution in [2.45, 2.75) is 19.9 Å². The first-order chi connectivity index (χ1) is 11.9. The van der Waals surface area contributed by atoms with Gasteiger partial charge in [0, 0.05) is 18.1 Å². The van der Waals surface area contributed by atoms with Gasteiger partial charge in [0.15, 0.2) is 18.0 Å². The molecule has 6 heteroatoms. The summed E-state index contributed by atoms with van der Waals surface area (Å²) in [5, 5.41) is 3.28. The molecule has 0 amide bonds. The number of nitrogens with zero attached hydrogens (tertiary/aromatic N) is 4. The van der Waals surface area contributed by atoms with E-state index in [-0.39, 0.29) is 0 Å². The quantitative estimate of drug-likeness (QED) is 0.695. The smallest absolute Gasteiger partial charge is 0.183 e. The van der Waals surface area contributed by atoms with Crippen LogP contribution < -0.4 is 5.32 Å². The van der Waals surface area contributed by atoms with Crippen LogP contribution in [-0.2, 0) is 13.0 Å². The van der Waals surface area contributed by atoms with Crippen LogP contribution in [0.2, 0.25) is 0 Å². The van der Waals surface area contributed by atoms with Gasteiger partial charge in [0.05, 0.1) is 21.1 Å². The van der Waals surface area contributed by atoms with E-state index in [0.717, 1.165) is 40.3 Å². The summed E-state index contributed by atoms with van der Waals surface area (Å²) < 4.78 is 6.18. The second kappa shape index (κ2) is 7.03. The highest BCUT2D eigenvalue weighted by Gasteiger charge is 2.15. The molecule has 1 N–H and O–H groups in total. The molecule has 0 unspecified atom stereocenters. The molecule has 130 valence electrons. The molecule has 2 heterocycles. The van der Waals surface area contributed by atoms with E-state index in [0.29, 0.717) is 11.6 Å². The largest absolute Gasteiger partial charge is 0.446 e. The Morgan fingerprint density at radius 2 is 1.84 bits per heavy atom. The highest BCUT2D eigenvalue weighted by Crippen LogP contribution is 2.23. The van der Waals surface area contributed by atoms with Gasteiger partial charge in [0.1, 0.15) is 23.8 Å². The summed E-state index contributed by atoms with van der Waals surface area (Å²) in [6, 6.07) is 12.0. The minimum Gasteiger partial charge on any atom is -0.446 e. The molecule has 0 fully saturated rings. The van der Waals surface area contributed by atoms with Crippen molar-refractivity contribution in [3.05, 3.63) is 54.2 Å². The van der Waals surface area contributed by atoms with E-state index in [1.165, 1.54) is 6.39 Å². The minimum atomic E-state index is 0.704. The molecule has 0 aliphatic rings. The first-order valence-electron chi connectivity index (χ1n) is 8.38. The zero-order valence-electron chi connectivity index (χ0n) is 15.2. The van der Waals surface area contributed by atoms with Gasteiger partial charge in [-0.15, -0.1) is 0 Å². The van der Waals surface area contributed by atoms with E-state index in [9.17, 15) is 0 Å². The molecule has 0 atom stereocenters. The fourth-order valence-electron chi connectivity index (χ4n) is 2.59. The lowest BCUT2D eigenvalue weighted by Crippen LogP contribution is -2.33. The van der Waals surface area contributed by atoms with Gasteiger partial charge >= 0.3 is 0 Å². The van der Waals surface area contributed by atoms with Crippen molar-refractivity contribution in [2.24, 2.45) is 0 Å². The zero-order chi connectivity index (χ0) is 17.9. The summed E-state index contributed by atoms with van der Waals surface area (Å²) in [6.07, 6.45) is 2.22. The van der Waals surface area contributed by atoms with Crippen molar-refractivity contribution < 1.29 is 8.90 Å². The van der Waals surface area contributed by atoms with Gasteiger partial charge in [-0.25, -0.2) is 9.97 Å². The van der Waals surface area contributed by atoms with Crippen molar-refractivity contribution in [3.8, 4) is 11.4 Å². The first-order valence-corrected chi connectivity index (χ1v) is 8.38. The SMILES string of the molecule is CCc1ocnc1Nc1cc(C[N+](C)(C)C)nc(-c2ccccc2)n1. The maximum absolute atomic E-state index is 5.39. The summed E-state index contributed by atoms with van der Waals surface area (Å²) in [4.78, 5) is 13.7. The lowest BCUT2D eigenvalue weighted by atomic mass is 10.2. The Kier molecular flexibility index (Phi) is 4.81. The van der Waals surface area contributed by atoms with Crippen LogP contribution in [0.25, 0.3) is 11.4 Å². The lowest BCUT2D eigenvalue weighted by Gasteiger charge is -2.23. The van der Waals surface area contributed by atoms with Crippen molar-refractivity contribution in [3.63, 3.8) is 0 Å². The normalized spacial score (nSPS) is 11.5. The fourth-order valence-corrected chi connectivity index (χ4v) is 2.59. The second-order valence-corrected chi connectivity index (χ2v) is 6.99. The molecule has 1 aromatic carbocycles. The average Bonchev–Trinajstić information content (AvgIpc) is 3.01. The van der Waals surface area contributed by atoms with Crippen LogP contribution >= 0.6 is 0 Å². The van der Waals surface area contributed by atoms with Crippen LogP contribution in [-0.4, -0.2) is 40.6 Å². The van der Waals surface area contributed by atoms with E-state index >= 15 is 0 Å². The summed E-state index contributed by atoms with van der Waals surface area (Å²) >= 11 is 0. The number of quaternary nitrogens is 1. The molecule has 0 aliphatic carbocycles.